The van der Waals surface area contributed by atoms with E-state index in [1.54, 1.807) is 0 Å². The number of hydrogen-bond acceptors (Lipinski definition) is 8. The van der Waals surface area contributed by atoms with Crippen molar-refractivity contribution in [2.75, 3.05) is 0 Å². The molecule has 12 nitrogen and oxygen atoms in total. The summed E-state index contributed by atoms with van der Waals surface area (Å²) in [6.45, 7) is 0. The molecule has 8 heterocycles. The lowest BCUT2D eigenvalue weighted by Gasteiger charge is -2.12. The van der Waals surface area contributed by atoms with Gasteiger partial charge in [-0.05, 0) is 119 Å². The minimum atomic E-state index is 0.529. The van der Waals surface area contributed by atoms with Crippen molar-refractivity contribution in [2.45, 2.75) is 0 Å². The maximum Gasteiger partial charge on any atom is 0.238 e. The third-order valence-corrected chi connectivity index (χ3v) is 22.4. The molecule has 0 spiro atoms. The molecule has 0 saturated heterocycles. The third-order valence-electron chi connectivity index (χ3n) is 22.4. The van der Waals surface area contributed by atoms with Gasteiger partial charge < -0.3 is 18.0 Å². The molecule has 0 bridgehead atoms. The van der Waals surface area contributed by atoms with E-state index in [0.717, 1.165) is 165 Å². The highest BCUT2D eigenvalue weighted by Crippen LogP contribution is 2.46. The number of aromatic nitrogens is 10. The van der Waals surface area contributed by atoms with E-state index in [2.05, 4.69) is 334 Å². The van der Waals surface area contributed by atoms with Gasteiger partial charge in [0, 0.05) is 92.7 Å². The number of nitrogens with zero attached hydrogens (tertiary/aromatic N) is 10. The number of hydrogen-bond donors (Lipinski definition) is 0. The third kappa shape index (κ3) is 10.3. The first-order valence-electron chi connectivity index (χ1n) is 38.2. The molecule has 16 aromatic carbocycles. The Balaban J connectivity index is 0.000000135. The average Bonchev–Trinajstić information content (AvgIpc) is 1.55. The maximum atomic E-state index is 6.55. The zero-order valence-electron chi connectivity index (χ0n) is 61.1. The first-order chi connectivity index (χ1) is 56.5. The molecule has 0 atom stereocenters. The van der Waals surface area contributed by atoms with Gasteiger partial charge in [0.05, 0.1) is 49.7 Å². The summed E-state index contributed by atoms with van der Waals surface area (Å²) in [5.41, 5.74) is 22.0. The molecular formula is C102H62N10O2. The van der Waals surface area contributed by atoms with Gasteiger partial charge in [-0.3, -0.25) is 9.13 Å². The zero-order chi connectivity index (χ0) is 74.9. The van der Waals surface area contributed by atoms with Gasteiger partial charge in [-0.25, -0.2) is 9.97 Å². The lowest BCUT2D eigenvalue weighted by Crippen LogP contribution is -2.06. The number of fused-ring (bicyclic) bond motifs is 20. The Morgan fingerprint density at radius 2 is 0.553 bits per heavy atom. The lowest BCUT2D eigenvalue weighted by molar-refractivity contribution is 0.669. The smallest absolute Gasteiger partial charge is 0.238 e. The van der Waals surface area contributed by atoms with Crippen LogP contribution in [0.4, 0.5) is 0 Å². The monoisotopic (exact) mass is 1460 g/mol. The number of rotatable bonds is 10. The van der Waals surface area contributed by atoms with Crippen molar-refractivity contribution in [1.82, 2.24) is 48.2 Å². The topological polar surface area (TPSA) is 123 Å². The van der Waals surface area contributed by atoms with Crippen LogP contribution in [0, 0.1) is 0 Å². The summed E-state index contributed by atoms with van der Waals surface area (Å²) in [4.78, 5) is 31.7. The molecule has 0 unspecified atom stereocenters. The standard InChI is InChI=1S/2C51H31N5O/c1-3-15-32(16-4-1)33-17-13-18-34(31-33)49-52-50(41-25-14-24-39-37-22-9-12-28-45(37)57-48(39)41)54-51(53-49)56-43-27-11-8-23-40(43)46-44(56)30-29-38-36-21-7-10-26-42(36)55(47(38)46)35-19-5-2-6-20-35;1-3-13-32(14-4-1)33-23-25-34(26-24-33)49-52-50(35-27-28-39-38-18-9-12-22-45(38)57-46(39)31-35)54-51(53-49)56-43-21-11-8-19-41(43)47-44(56)30-29-40-37-17-7-10-20-42(37)55(48(40)47)36-15-5-2-6-16-36/h2*1-31H. The Labute approximate surface area is 651 Å². The van der Waals surface area contributed by atoms with Crippen molar-refractivity contribution >= 4 is 131 Å². The van der Waals surface area contributed by atoms with Gasteiger partial charge >= 0.3 is 0 Å². The molecule has 532 valence electrons. The minimum absolute atomic E-state index is 0.529. The number of benzene rings is 16. The van der Waals surface area contributed by atoms with E-state index in [1.165, 1.54) is 21.5 Å². The van der Waals surface area contributed by atoms with Crippen LogP contribution in [0.3, 0.4) is 0 Å². The fourth-order valence-corrected chi connectivity index (χ4v) is 17.3. The molecule has 8 aromatic heterocycles. The fraction of sp³-hybridized carbons (Fsp3) is 0. The van der Waals surface area contributed by atoms with Gasteiger partial charge in [0.2, 0.25) is 11.9 Å². The van der Waals surface area contributed by atoms with Crippen LogP contribution in [0.1, 0.15) is 0 Å². The van der Waals surface area contributed by atoms with Crippen LogP contribution >= 0.6 is 0 Å². The molecule has 0 N–H and O–H groups in total. The fourth-order valence-electron chi connectivity index (χ4n) is 17.3. The predicted molar refractivity (Wildman–Crippen MR) is 464 cm³/mol. The molecule has 0 aliphatic rings. The van der Waals surface area contributed by atoms with Crippen molar-refractivity contribution in [1.29, 1.82) is 0 Å². The van der Waals surface area contributed by atoms with Gasteiger partial charge in [-0.2, -0.15) is 19.9 Å². The zero-order valence-corrected chi connectivity index (χ0v) is 61.1. The van der Waals surface area contributed by atoms with Crippen LogP contribution in [0.2, 0.25) is 0 Å². The van der Waals surface area contributed by atoms with Crippen molar-refractivity contribution in [3.8, 4) is 91.1 Å². The Bertz CT molecular complexity index is 7970. The van der Waals surface area contributed by atoms with Crippen LogP contribution in [-0.2, 0) is 0 Å². The molecule has 24 rings (SSSR count). The summed E-state index contributed by atoms with van der Waals surface area (Å²) in [5, 5.41) is 13.5. The summed E-state index contributed by atoms with van der Waals surface area (Å²) < 4.78 is 22.1. The average molecular weight is 1460 g/mol. The second-order valence-corrected chi connectivity index (χ2v) is 28.8. The van der Waals surface area contributed by atoms with Gasteiger partial charge in [-0.1, -0.05) is 279 Å². The van der Waals surface area contributed by atoms with Crippen LogP contribution in [-0.4, -0.2) is 48.2 Å². The Morgan fingerprint density at radius 1 is 0.193 bits per heavy atom. The molecule has 0 fully saturated rings. The van der Waals surface area contributed by atoms with Gasteiger partial charge in [0.1, 0.15) is 22.3 Å². The molecule has 0 aliphatic heterocycles. The lowest BCUT2D eigenvalue weighted by atomic mass is 10.0. The van der Waals surface area contributed by atoms with Crippen LogP contribution < -0.4 is 0 Å². The second kappa shape index (κ2) is 26.0. The molecule has 0 amide bonds. The Morgan fingerprint density at radius 3 is 1.11 bits per heavy atom. The Hall–Kier alpha value is -15.7. The van der Waals surface area contributed by atoms with E-state index in [-0.39, 0.29) is 0 Å². The molecule has 24 aromatic rings. The van der Waals surface area contributed by atoms with E-state index in [0.29, 0.717) is 35.2 Å². The molecule has 114 heavy (non-hydrogen) atoms. The van der Waals surface area contributed by atoms with Crippen LogP contribution in [0.5, 0.6) is 0 Å². The highest BCUT2D eigenvalue weighted by Gasteiger charge is 2.27. The number of furan rings is 2. The highest BCUT2D eigenvalue weighted by atomic mass is 16.3. The summed E-state index contributed by atoms with van der Waals surface area (Å²) in [6, 6.07) is 131. The van der Waals surface area contributed by atoms with Gasteiger partial charge in [-0.15, -0.1) is 0 Å². The summed E-state index contributed by atoms with van der Waals surface area (Å²) >= 11 is 0. The quantitative estimate of drug-likeness (QED) is 0.133. The molecule has 0 radical (unpaired) electrons. The minimum Gasteiger partial charge on any atom is -0.456 e. The van der Waals surface area contributed by atoms with E-state index in [1.807, 2.05) is 60.7 Å². The van der Waals surface area contributed by atoms with E-state index in [4.69, 9.17) is 38.7 Å². The summed E-state index contributed by atoms with van der Waals surface area (Å²) in [5.74, 6) is 3.34. The number of para-hydroxylation sites is 9. The SMILES string of the molecule is c1ccc(-c2ccc(-c3nc(-c4ccc5c(c4)oc4ccccc45)nc(-n4c5ccccc5c5c4ccc4c6ccccc6n(-c6ccccc6)c45)n3)cc2)cc1.c1ccc(-c2cccc(-c3nc(-c4cccc5c4oc4ccccc45)nc(-n4c5ccccc5c5c4ccc4c6ccccc6n(-c6ccccc6)c45)n3)c2)cc1. The van der Waals surface area contributed by atoms with Crippen molar-refractivity contribution < 1.29 is 8.83 Å². The summed E-state index contributed by atoms with van der Waals surface area (Å²) in [6.07, 6.45) is 0. The first kappa shape index (κ1) is 64.3. The molecular weight excluding hydrogens is 1400 g/mol. The largest absolute Gasteiger partial charge is 0.456 e. The summed E-state index contributed by atoms with van der Waals surface area (Å²) in [7, 11) is 0. The second-order valence-electron chi connectivity index (χ2n) is 28.8. The van der Waals surface area contributed by atoms with E-state index in [9.17, 15) is 0 Å². The van der Waals surface area contributed by atoms with E-state index >= 15 is 0 Å². The molecule has 12 heteroatoms. The first-order valence-corrected chi connectivity index (χ1v) is 38.2. The Kier molecular flexibility index (Phi) is 14.7. The van der Waals surface area contributed by atoms with Gasteiger partial charge in [0.15, 0.2) is 23.3 Å². The molecule has 0 saturated carbocycles. The maximum absolute atomic E-state index is 6.55. The predicted octanol–water partition coefficient (Wildman–Crippen LogP) is 25.9. The van der Waals surface area contributed by atoms with Crippen molar-refractivity contribution in [3.63, 3.8) is 0 Å². The van der Waals surface area contributed by atoms with Crippen LogP contribution in [0.15, 0.2) is 385 Å². The van der Waals surface area contributed by atoms with E-state index < -0.39 is 0 Å². The van der Waals surface area contributed by atoms with Crippen LogP contribution in [0.25, 0.3) is 222 Å². The highest BCUT2D eigenvalue weighted by molar-refractivity contribution is 6.28. The van der Waals surface area contributed by atoms with Gasteiger partial charge in [0.25, 0.3) is 0 Å². The van der Waals surface area contributed by atoms with Crippen molar-refractivity contribution in [3.05, 3.63) is 376 Å². The van der Waals surface area contributed by atoms with Crippen molar-refractivity contribution in [2.24, 2.45) is 0 Å². The molecule has 0 aliphatic carbocycles. The normalized spacial score (nSPS) is 11.9.